The first kappa shape index (κ1) is 56.7. The predicted molar refractivity (Wildman–Crippen MR) is 308 cm³/mol. The number of rotatable bonds is 15. The highest BCUT2D eigenvalue weighted by Gasteiger charge is 2.48. The van der Waals surface area contributed by atoms with E-state index in [0.717, 1.165) is 51.6 Å². The minimum absolute atomic E-state index is 0.00274. The van der Waals surface area contributed by atoms with E-state index in [-0.39, 0.29) is 70.6 Å². The van der Waals surface area contributed by atoms with Crippen molar-refractivity contribution in [2.75, 3.05) is 32.7 Å². The van der Waals surface area contributed by atoms with E-state index in [9.17, 15) is 4.79 Å². The number of benzene rings is 5. The van der Waals surface area contributed by atoms with Crippen molar-refractivity contribution in [1.29, 1.82) is 0 Å². The molecule has 4 aliphatic rings. The van der Waals surface area contributed by atoms with Crippen LogP contribution >= 0.6 is 0 Å². The fraction of sp³-hybridized carbons (Fsp3) is 0.381. The fourth-order valence-electron chi connectivity index (χ4n) is 11.7. The van der Waals surface area contributed by atoms with Gasteiger partial charge in [0.25, 0.3) is 0 Å². The SMILES string of the molecule is NCCNC(=O)O[C@@H]1C[C@H]2C(=O)N[C@H](CCc3ccccc3)C(=O)N[C@@H](Cc3c[nH]c4ccccc34)C(=O)N[C@@H](CC3CCNCC3)C(=O)N[C@@H](Cc3ccc(OCc4ccccc4)cc3)C(=O)N3Cc4ccccc4C[C@H]3C(=O)N2C1. The average molecular weight is 1110 g/mol. The van der Waals surface area contributed by atoms with Crippen molar-refractivity contribution < 1.29 is 43.0 Å². The van der Waals surface area contributed by atoms with E-state index < -0.39 is 83.9 Å². The van der Waals surface area contributed by atoms with Gasteiger partial charge in [0.05, 0.1) is 6.54 Å². The Bertz CT molecular complexity index is 3210. The van der Waals surface area contributed by atoms with Crippen LogP contribution in [0.2, 0.25) is 0 Å². The Morgan fingerprint density at radius 2 is 1.27 bits per heavy atom. The van der Waals surface area contributed by atoms with Crippen molar-refractivity contribution in [3.8, 4) is 5.75 Å². The lowest BCUT2D eigenvalue weighted by Crippen LogP contribution is -2.63. The van der Waals surface area contributed by atoms with E-state index in [1.165, 1.54) is 9.80 Å². The molecule has 0 saturated carbocycles. The Kier molecular flexibility index (Phi) is 18.5. The molecule has 3 fully saturated rings. The third-order valence-corrected chi connectivity index (χ3v) is 16.2. The van der Waals surface area contributed by atoms with Crippen LogP contribution in [0, 0.1) is 5.92 Å². The number of fused-ring (bicyclic) bond motifs is 4. The summed E-state index contributed by atoms with van der Waals surface area (Å²) in [5.41, 5.74) is 11.4. The van der Waals surface area contributed by atoms with Crippen LogP contribution in [0.25, 0.3) is 10.9 Å². The molecule has 0 aliphatic carbocycles. The number of nitrogens with two attached hydrogens (primary N) is 1. The van der Waals surface area contributed by atoms with Gasteiger partial charge in [0.2, 0.25) is 35.4 Å². The van der Waals surface area contributed by atoms with Crippen LogP contribution in [0.3, 0.4) is 0 Å². The van der Waals surface area contributed by atoms with Gasteiger partial charge in [0.15, 0.2) is 0 Å². The van der Waals surface area contributed by atoms with Crippen LogP contribution < -0.4 is 42.4 Å². The number of para-hydroxylation sites is 1. The van der Waals surface area contributed by atoms with Gasteiger partial charge in [-0.15, -0.1) is 0 Å². The first-order valence-electron chi connectivity index (χ1n) is 28.6. The van der Waals surface area contributed by atoms with Crippen molar-refractivity contribution >= 4 is 52.4 Å². The van der Waals surface area contributed by atoms with Crippen LogP contribution in [0.5, 0.6) is 5.75 Å². The summed E-state index contributed by atoms with van der Waals surface area (Å²) in [7, 11) is 0. The highest BCUT2D eigenvalue weighted by molar-refractivity contribution is 5.99. The number of amides is 7. The molecule has 0 spiro atoms. The molecular weight excluding hydrogens is 1040 g/mol. The van der Waals surface area contributed by atoms with Crippen LogP contribution in [0.4, 0.5) is 4.79 Å². The van der Waals surface area contributed by atoms with Crippen molar-refractivity contribution in [2.45, 2.75) is 113 Å². The van der Waals surface area contributed by atoms with Crippen LogP contribution in [-0.2, 0) is 72.3 Å². The number of piperidine rings is 1. The fourth-order valence-corrected chi connectivity index (χ4v) is 11.7. The molecule has 6 aromatic rings. The van der Waals surface area contributed by atoms with Gasteiger partial charge in [-0.3, -0.25) is 28.8 Å². The molecule has 0 radical (unpaired) electrons. The van der Waals surface area contributed by atoms with Crippen molar-refractivity contribution in [3.05, 3.63) is 173 Å². The van der Waals surface area contributed by atoms with Gasteiger partial charge in [-0.1, -0.05) is 115 Å². The number of aromatic nitrogens is 1. The number of aromatic amines is 1. The molecule has 7 atom stereocenters. The lowest BCUT2D eigenvalue weighted by atomic mass is 9.90. The maximum Gasteiger partial charge on any atom is 0.407 e. The van der Waals surface area contributed by atoms with Gasteiger partial charge < -0.3 is 61.9 Å². The summed E-state index contributed by atoms with van der Waals surface area (Å²) in [6, 6.07) is 34.1. The highest BCUT2D eigenvalue weighted by atomic mass is 16.6. The molecular formula is C63H72N10O9. The number of nitrogens with one attached hydrogen (secondary N) is 7. The second-order valence-electron chi connectivity index (χ2n) is 21.8. The van der Waals surface area contributed by atoms with Gasteiger partial charge in [0.1, 0.15) is 54.7 Å². The highest BCUT2D eigenvalue weighted by Crippen LogP contribution is 2.31. The number of nitrogens with zero attached hydrogens (tertiary/aromatic N) is 2. The molecule has 5 heterocycles. The van der Waals surface area contributed by atoms with Gasteiger partial charge in [-0.25, -0.2) is 4.79 Å². The molecule has 0 unspecified atom stereocenters. The summed E-state index contributed by atoms with van der Waals surface area (Å²) in [5.74, 6) is -3.12. The summed E-state index contributed by atoms with van der Waals surface area (Å²) in [4.78, 5) is 112. The third-order valence-electron chi connectivity index (χ3n) is 16.2. The Hall–Kier alpha value is -8.55. The summed E-state index contributed by atoms with van der Waals surface area (Å²) in [6.45, 7) is 1.81. The lowest BCUT2D eigenvalue weighted by molar-refractivity contribution is -0.151. The van der Waals surface area contributed by atoms with Crippen molar-refractivity contribution in [3.63, 3.8) is 0 Å². The quantitative estimate of drug-likeness (QED) is 0.0726. The maximum atomic E-state index is 15.8. The summed E-state index contributed by atoms with van der Waals surface area (Å²) < 4.78 is 11.9. The number of ether oxygens (including phenoxy) is 2. The monoisotopic (exact) mass is 1110 g/mol. The van der Waals surface area contributed by atoms with E-state index in [0.29, 0.717) is 37.4 Å². The smallest absolute Gasteiger partial charge is 0.407 e. The van der Waals surface area contributed by atoms with Gasteiger partial charge in [-0.2, -0.15) is 0 Å². The van der Waals surface area contributed by atoms with Gasteiger partial charge in [-0.05, 0) is 103 Å². The van der Waals surface area contributed by atoms with E-state index in [1.807, 2.05) is 121 Å². The summed E-state index contributed by atoms with van der Waals surface area (Å²) in [6.07, 6.45) is 2.10. The van der Waals surface area contributed by atoms with Gasteiger partial charge >= 0.3 is 6.09 Å². The topological polar surface area (TPSA) is 258 Å². The number of alkyl carbamates (subject to hydrolysis) is 1. The van der Waals surface area contributed by atoms with Gasteiger partial charge in [0, 0.05) is 62.4 Å². The lowest BCUT2D eigenvalue weighted by Gasteiger charge is -2.40. The summed E-state index contributed by atoms with van der Waals surface area (Å²) >= 11 is 0. The zero-order valence-corrected chi connectivity index (χ0v) is 45.9. The van der Waals surface area contributed by atoms with E-state index in [1.54, 1.807) is 18.3 Å². The molecule has 9 N–H and O–H groups in total. The van der Waals surface area contributed by atoms with E-state index >= 15 is 28.8 Å². The molecule has 19 heteroatoms. The molecule has 19 nitrogen and oxygen atoms in total. The van der Waals surface area contributed by atoms with E-state index in [4.69, 9.17) is 15.2 Å². The normalized spacial score (nSPS) is 23.0. The molecule has 82 heavy (non-hydrogen) atoms. The largest absolute Gasteiger partial charge is 0.489 e. The van der Waals surface area contributed by atoms with Crippen LogP contribution in [-0.4, -0.2) is 131 Å². The third kappa shape index (κ3) is 14.1. The second-order valence-corrected chi connectivity index (χ2v) is 21.8. The number of aryl methyl sites for hydroxylation is 1. The van der Waals surface area contributed by atoms with Crippen molar-refractivity contribution in [1.82, 2.24) is 46.7 Å². The predicted octanol–water partition coefficient (Wildman–Crippen LogP) is 4.12. The number of H-pyrrole nitrogens is 1. The standard InChI is InChI=1S/C63H72N10O9/c64-27-30-66-63(80)82-48-35-55-60(77)68-51(24-21-40-11-3-1-4-12-40)57(74)70-53(33-46-36-67-50-18-10-9-17-49(46)50)59(76)69-52(31-42-25-28-65-29-26-42)58(75)71-54(32-41-19-22-47(23-20-41)81-39-43-13-5-2-6-14-43)61(78)72-37-45-16-8-7-15-44(45)34-56(72)62(79)73(55)38-48/h1-20,22-23,36,42,48,51-56,65,67H,21,24-35,37-39,64H2,(H,66,80)(H,68,77)(H,69,76)(H,70,74)(H,71,75)/t48-,51-,52+,53+,54+,55+,56+/m1/s1. The van der Waals surface area contributed by atoms with Crippen LogP contribution in [0.1, 0.15) is 65.5 Å². The molecule has 3 saturated heterocycles. The minimum atomic E-state index is -1.28. The Balaban J connectivity index is 1.05. The number of hydrogen-bond acceptors (Lipinski definition) is 11. The minimum Gasteiger partial charge on any atom is -0.489 e. The molecule has 7 amide bonds. The first-order valence-corrected chi connectivity index (χ1v) is 28.6. The zero-order valence-electron chi connectivity index (χ0n) is 45.9. The van der Waals surface area contributed by atoms with Crippen LogP contribution in [0.15, 0.2) is 140 Å². The molecule has 5 aromatic carbocycles. The van der Waals surface area contributed by atoms with Crippen molar-refractivity contribution in [2.24, 2.45) is 11.7 Å². The van der Waals surface area contributed by atoms with E-state index in [2.05, 4.69) is 36.9 Å². The summed E-state index contributed by atoms with van der Waals surface area (Å²) in [5, 5.41) is 18.9. The maximum absolute atomic E-state index is 15.8. The number of carbonyl (C=O) groups excluding carboxylic acids is 7. The first-order chi connectivity index (χ1) is 40.0. The molecule has 1 aromatic heterocycles. The molecule has 10 rings (SSSR count). The Labute approximate surface area is 476 Å². The number of hydrogen-bond donors (Lipinski definition) is 8. The molecule has 0 bridgehead atoms. The Morgan fingerprint density at radius 3 is 2.02 bits per heavy atom. The molecule has 428 valence electrons. The zero-order chi connectivity index (χ0) is 57.0. The average Bonchev–Trinajstić information content (AvgIpc) is 4.30. The Morgan fingerprint density at radius 1 is 0.622 bits per heavy atom. The second kappa shape index (κ2) is 26.8. The number of carbonyl (C=O) groups is 7. The molecule has 4 aliphatic heterocycles.